The second-order valence-corrected chi connectivity index (χ2v) is 9.25. The van der Waals surface area contributed by atoms with Crippen molar-refractivity contribution in [1.29, 1.82) is 0 Å². The van der Waals surface area contributed by atoms with Crippen molar-refractivity contribution in [2.24, 2.45) is 11.7 Å². The van der Waals surface area contributed by atoms with Crippen LogP contribution in [-0.4, -0.2) is 70.1 Å². The molecular formula is C23H36N4O6S. The van der Waals surface area contributed by atoms with Crippen molar-refractivity contribution < 1.29 is 29.4 Å². The first-order valence-electron chi connectivity index (χ1n) is 11.2. The van der Waals surface area contributed by atoms with Gasteiger partial charge in [0.2, 0.25) is 17.7 Å². The maximum absolute atomic E-state index is 12.9. The molecule has 1 rings (SSSR count). The Balaban J connectivity index is 2.79. The number of nitrogens with one attached hydrogen (secondary N) is 3. The summed E-state index contributed by atoms with van der Waals surface area (Å²) in [4.78, 5) is 49.6. The Morgan fingerprint density at radius 1 is 1.00 bits per heavy atom. The molecule has 0 aliphatic heterocycles. The molecule has 0 saturated heterocycles. The Kier molecular flexibility index (Phi) is 12.4. The predicted molar refractivity (Wildman–Crippen MR) is 131 cm³/mol. The van der Waals surface area contributed by atoms with Crippen molar-refractivity contribution in [3.8, 4) is 5.75 Å². The van der Waals surface area contributed by atoms with Crippen LogP contribution in [0.4, 0.5) is 0 Å². The van der Waals surface area contributed by atoms with Crippen molar-refractivity contribution in [2.45, 2.75) is 64.2 Å². The van der Waals surface area contributed by atoms with Gasteiger partial charge in [-0.3, -0.25) is 14.4 Å². The van der Waals surface area contributed by atoms with Crippen LogP contribution in [0.2, 0.25) is 0 Å². The molecule has 5 unspecified atom stereocenters. The topological polar surface area (TPSA) is 171 Å². The quantitative estimate of drug-likeness (QED) is 0.218. The summed E-state index contributed by atoms with van der Waals surface area (Å²) in [5.41, 5.74) is 6.52. The Bertz CT molecular complexity index is 835. The third-order valence-electron chi connectivity index (χ3n) is 5.51. The molecule has 5 atom stereocenters. The van der Waals surface area contributed by atoms with E-state index in [0.717, 1.165) is 0 Å². The number of carboxylic acid groups (broad SMARTS) is 1. The van der Waals surface area contributed by atoms with Crippen LogP contribution in [0.5, 0.6) is 5.75 Å². The standard InChI is InChI=1S/C23H36N4O6S/c1-5-13(2)19(27-21(30)17(24)10-11-34-4)22(31)25-14(3)20(29)26-18(23(32)33)12-15-6-8-16(28)9-7-15/h6-9,13-14,17-19,28H,5,10-12,24H2,1-4H3,(H,25,31)(H,26,29)(H,27,30)(H,32,33). The summed E-state index contributed by atoms with van der Waals surface area (Å²) in [5, 5.41) is 26.5. The van der Waals surface area contributed by atoms with Crippen LogP contribution in [0.15, 0.2) is 24.3 Å². The molecule has 190 valence electrons. The van der Waals surface area contributed by atoms with Crippen LogP contribution in [0.3, 0.4) is 0 Å². The molecule has 0 bridgehead atoms. The van der Waals surface area contributed by atoms with E-state index in [0.29, 0.717) is 24.2 Å². The molecule has 0 saturated carbocycles. The van der Waals surface area contributed by atoms with Gasteiger partial charge in [0.05, 0.1) is 6.04 Å². The minimum atomic E-state index is -1.23. The summed E-state index contributed by atoms with van der Waals surface area (Å²) in [5.74, 6) is -2.35. The van der Waals surface area contributed by atoms with Crippen molar-refractivity contribution >= 4 is 35.5 Å². The van der Waals surface area contributed by atoms with E-state index in [2.05, 4.69) is 16.0 Å². The Morgan fingerprint density at radius 2 is 1.62 bits per heavy atom. The Morgan fingerprint density at radius 3 is 2.15 bits per heavy atom. The SMILES string of the molecule is CCC(C)C(NC(=O)C(N)CCSC)C(=O)NC(C)C(=O)NC(Cc1ccc(O)cc1)C(=O)O. The number of aromatic hydroxyl groups is 1. The smallest absolute Gasteiger partial charge is 0.326 e. The van der Waals surface area contributed by atoms with Gasteiger partial charge >= 0.3 is 5.97 Å². The van der Waals surface area contributed by atoms with E-state index in [9.17, 15) is 29.4 Å². The van der Waals surface area contributed by atoms with E-state index in [1.807, 2.05) is 13.2 Å². The van der Waals surface area contributed by atoms with Gasteiger partial charge in [0, 0.05) is 6.42 Å². The molecular weight excluding hydrogens is 460 g/mol. The van der Waals surface area contributed by atoms with Gasteiger partial charge < -0.3 is 31.9 Å². The summed E-state index contributed by atoms with van der Waals surface area (Å²) in [7, 11) is 0. The van der Waals surface area contributed by atoms with Gasteiger partial charge in [-0.05, 0) is 49.0 Å². The first kappa shape index (κ1) is 29.2. The molecule has 0 aliphatic rings. The highest BCUT2D eigenvalue weighted by Crippen LogP contribution is 2.12. The zero-order valence-corrected chi connectivity index (χ0v) is 20.9. The third-order valence-corrected chi connectivity index (χ3v) is 6.15. The number of phenolic OH excluding ortho intramolecular Hbond substituents is 1. The van der Waals surface area contributed by atoms with Gasteiger partial charge in [-0.15, -0.1) is 0 Å². The lowest BCUT2D eigenvalue weighted by Gasteiger charge is -2.27. The van der Waals surface area contributed by atoms with E-state index >= 15 is 0 Å². The van der Waals surface area contributed by atoms with Gasteiger partial charge in [-0.2, -0.15) is 11.8 Å². The van der Waals surface area contributed by atoms with Gasteiger partial charge in [0.1, 0.15) is 23.9 Å². The highest BCUT2D eigenvalue weighted by molar-refractivity contribution is 7.98. The van der Waals surface area contributed by atoms with Crippen LogP contribution in [0.25, 0.3) is 0 Å². The number of hydrogen-bond acceptors (Lipinski definition) is 7. The number of carboxylic acids is 1. The zero-order valence-electron chi connectivity index (χ0n) is 20.0. The number of benzene rings is 1. The number of carbonyl (C=O) groups is 4. The van der Waals surface area contributed by atoms with Gasteiger partial charge in [0.15, 0.2) is 0 Å². The van der Waals surface area contributed by atoms with Crippen LogP contribution in [0, 0.1) is 5.92 Å². The first-order valence-corrected chi connectivity index (χ1v) is 12.6. The molecule has 34 heavy (non-hydrogen) atoms. The number of phenols is 1. The van der Waals surface area contributed by atoms with Crippen LogP contribution in [-0.2, 0) is 25.6 Å². The lowest BCUT2D eigenvalue weighted by molar-refractivity contribution is -0.142. The fourth-order valence-electron chi connectivity index (χ4n) is 3.07. The van der Waals surface area contributed by atoms with E-state index < -0.39 is 47.9 Å². The minimum Gasteiger partial charge on any atom is -0.508 e. The highest BCUT2D eigenvalue weighted by atomic mass is 32.2. The molecule has 1 aromatic carbocycles. The first-order chi connectivity index (χ1) is 16.0. The number of aliphatic carboxylic acids is 1. The Hall–Kier alpha value is -2.79. The summed E-state index contributed by atoms with van der Waals surface area (Å²) < 4.78 is 0. The Labute approximate surface area is 204 Å². The monoisotopic (exact) mass is 496 g/mol. The van der Waals surface area contributed by atoms with Crippen molar-refractivity contribution in [1.82, 2.24) is 16.0 Å². The molecule has 1 aromatic rings. The van der Waals surface area contributed by atoms with Gasteiger partial charge in [-0.25, -0.2) is 4.79 Å². The molecule has 0 aliphatic carbocycles. The number of hydrogen-bond donors (Lipinski definition) is 6. The number of rotatable bonds is 14. The molecule has 0 fully saturated rings. The summed E-state index contributed by atoms with van der Waals surface area (Å²) in [6.45, 7) is 5.12. The number of thioether (sulfide) groups is 1. The normalized spacial score (nSPS) is 15.3. The predicted octanol–water partition coefficient (Wildman–Crippen LogP) is 0.620. The summed E-state index contributed by atoms with van der Waals surface area (Å²) in [6, 6.07) is 2.07. The molecule has 0 radical (unpaired) electrons. The molecule has 0 heterocycles. The van der Waals surface area contributed by atoms with Crippen LogP contribution >= 0.6 is 11.8 Å². The zero-order chi connectivity index (χ0) is 25.8. The lowest BCUT2D eigenvalue weighted by atomic mass is 9.97. The maximum Gasteiger partial charge on any atom is 0.326 e. The van der Waals surface area contributed by atoms with Gasteiger partial charge in [0.25, 0.3) is 0 Å². The van der Waals surface area contributed by atoms with Crippen molar-refractivity contribution in [3.05, 3.63) is 29.8 Å². The van der Waals surface area contributed by atoms with E-state index in [1.165, 1.54) is 19.1 Å². The fourth-order valence-corrected chi connectivity index (χ4v) is 3.56. The third kappa shape index (κ3) is 9.60. The average molecular weight is 497 g/mol. The number of carbonyl (C=O) groups excluding carboxylic acids is 3. The molecule has 3 amide bonds. The summed E-state index contributed by atoms with van der Waals surface area (Å²) in [6.07, 6.45) is 2.98. The lowest BCUT2D eigenvalue weighted by Crippen LogP contribution is -2.58. The highest BCUT2D eigenvalue weighted by Gasteiger charge is 2.30. The van der Waals surface area contributed by atoms with E-state index in [1.54, 1.807) is 30.8 Å². The number of amides is 3. The maximum atomic E-state index is 12.9. The summed E-state index contributed by atoms with van der Waals surface area (Å²) >= 11 is 1.57. The molecule has 7 N–H and O–H groups in total. The van der Waals surface area contributed by atoms with Crippen molar-refractivity contribution in [2.75, 3.05) is 12.0 Å². The second kappa shape index (κ2) is 14.5. The van der Waals surface area contributed by atoms with Crippen molar-refractivity contribution in [3.63, 3.8) is 0 Å². The molecule has 0 aromatic heterocycles. The van der Waals surface area contributed by atoms with E-state index in [-0.39, 0.29) is 18.1 Å². The van der Waals surface area contributed by atoms with E-state index in [4.69, 9.17) is 5.73 Å². The fraction of sp³-hybridized carbons (Fsp3) is 0.565. The van der Waals surface area contributed by atoms with Crippen LogP contribution in [0.1, 0.15) is 39.2 Å². The molecule has 11 heteroatoms. The molecule has 0 spiro atoms. The second-order valence-electron chi connectivity index (χ2n) is 8.26. The van der Waals surface area contributed by atoms with Gasteiger partial charge in [-0.1, -0.05) is 32.4 Å². The molecule has 10 nitrogen and oxygen atoms in total. The minimum absolute atomic E-state index is 0.00149. The number of nitrogens with two attached hydrogens (primary N) is 1. The largest absolute Gasteiger partial charge is 0.508 e. The van der Waals surface area contributed by atoms with Crippen LogP contribution < -0.4 is 21.7 Å². The average Bonchev–Trinajstić information content (AvgIpc) is 2.80.